The van der Waals surface area contributed by atoms with Crippen LogP contribution in [-0.2, 0) is 9.59 Å². The number of carbonyl (C=O) groups is 2. The van der Waals surface area contributed by atoms with Crippen LogP contribution in [0.15, 0.2) is 0 Å². The van der Waals surface area contributed by atoms with Gasteiger partial charge in [-0.25, -0.2) is 0 Å². The van der Waals surface area contributed by atoms with Gasteiger partial charge in [0.1, 0.15) is 0 Å². The van der Waals surface area contributed by atoms with Gasteiger partial charge in [0.2, 0.25) is 11.8 Å². The van der Waals surface area contributed by atoms with E-state index in [4.69, 9.17) is 11.5 Å². The molecule has 0 aromatic rings. The number of nitrogens with zero attached hydrogens (tertiary/aromatic N) is 1. The molecule has 0 aliphatic rings. The number of hydrogen-bond acceptors (Lipinski definition) is 3. The van der Waals surface area contributed by atoms with E-state index in [-0.39, 0.29) is 18.4 Å². The fraction of sp³-hybridized carbons (Fsp3) is 0.833. The van der Waals surface area contributed by atoms with Crippen molar-refractivity contribution in [2.24, 2.45) is 17.4 Å². The molecule has 0 radical (unpaired) electrons. The topological polar surface area (TPSA) is 89.4 Å². The highest BCUT2D eigenvalue weighted by atomic mass is 16.2. The van der Waals surface area contributed by atoms with Gasteiger partial charge in [-0.05, 0) is 18.9 Å². The highest BCUT2D eigenvalue weighted by Gasteiger charge is 2.18. The van der Waals surface area contributed by atoms with Crippen LogP contribution in [0.25, 0.3) is 0 Å². The Hall–Kier alpha value is -1.10. The van der Waals surface area contributed by atoms with Crippen LogP contribution in [0.3, 0.4) is 0 Å². The Kier molecular flexibility index (Phi) is 8.40. The van der Waals surface area contributed by atoms with E-state index in [9.17, 15) is 9.59 Å². The van der Waals surface area contributed by atoms with Crippen molar-refractivity contribution >= 4 is 11.8 Å². The Morgan fingerprint density at radius 3 is 2.35 bits per heavy atom. The van der Waals surface area contributed by atoms with Crippen LogP contribution in [0.2, 0.25) is 0 Å². The molecule has 0 saturated carbocycles. The summed E-state index contributed by atoms with van der Waals surface area (Å²) in [7, 11) is 0. The first-order valence-electron chi connectivity index (χ1n) is 6.31. The van der Waals surface area contributed by atoms with E-state index in [0.717, 1.165) is 19.3 Å². The molecule has 0 aliphatic heterocycles. The van der Waals surface area contributed by atoms with Crippen molar-refractivity contribution < 1.29 is 9.59 Å². The van der Waals surface area contributed by atoms with E-state index in [2.05, 4.69) is 0 Å². The molecule has 0 bridgehead atoms. The Morgan fingerprint density at radius 2 is 1.94 bits per heavy atom. The molecule has 0 aromatic heterocycles. The van der Waals surface area contributed by atoms with Crippen molar-refractivity contribution in [3.8, 4) is 0 Å². The molecule has 1 unspecified atom stereocenters. The fourth-order valence-electron chi connectivity index (χ4n) is 1.60. The Morgan fingerprint density at radius 1 is 1.29 bits per heavy atom. The van der Waals surface area contributed by atoms with Gasteiger partial charge in [-0.15, -0.1) is 0 Å². The summed E-state index contributed by atoms with van der Waals surface area (Å²) in [6.07, 6.45) is 3.15. The lowest BCUT2D eigenvalue weighted by Crippen LogP contribution is -2.40. The van der Waals surface area contributed by atoms with E-state index in [0.29, 0.717) is 19.5 Å². The second-order valence-electron chi connectivity index (χ2n) is 4.35. The average molecular weight is 243 g/mol. The second-order valence-corrected chi connectivity index (χ2v) is 4.35. The number of rotatable bonds is 9. The number of nitrogens with two attached hydrogens (primary N) is 2. The summed E-state index contributed by atoms with van der Waals surface area (Å²) < 4.78 is 0. The highest BCUT2D eigenvalue weighted by molar-refractivity contribution is 5.83. The van der Waals surface area contributed by atoms with Gasteiger partial charge < -0.3 is 16.4 Å². The molecule has 5 heteroatoms. The molecule has 2 amide bonds. The molecule has 17 heavy (non-hydrogen) atoms. The van der Waals surface area contributed by atoms with Crippen molar-refractivity contribution in [2.45, 2.75) is 39.5 Å². The summed E-state index contributed by atoms with van der Waals surface area (Å²) in [6.45, 7) is 5.16. The lowest BCUT2D eigenvalue weighted by Gasteiger charge is -2.23. The summed E-state index contributed by atoms with van der Waals surface area (Å²) in [6, 6.07) is 0. The molecule has 0 heterocycles. The normalized spacial score (nSPS) is 12.2. The van der Waals surface area contributed by atoms with E-state index in [1.165, 1.54) is 0 Å². The first-order chi connectivity index (χ1) is 8.04. The summed E-state index contributed by atoms with van der Waals surface area (Å²) in [5.74, 6) is -0.288. The van der Waals surface area contributed by atoms with E-state index >= 15 is 0 Å². The first-order valence-corrected chi connectivity index (χ1v) is 6.31. The maximum absolute atomic E-state index is 12.0. The Balaban J connectivity index is 4.34. The van der Waals surface area contributed by atoms with Crippen LogP contribution in [-0.4, -0.2) is 36.3 Å². The molecular weight excluding hydrogens is 218 g/mol. The second kappa shape index (κ2) is 8.98. The maximum atomic E-state index is 12.0. The third kappa shape index (κ3) is 6.94. The van der Waals surface area contributed by atoms with E-state index in [1.54, 1.807) is 4.90 Å². The number of primary amides is 1. The standard InChI is InChI=1S/C12H25N3O2/c1-3-5-6-15(9-11(14)16)12(17)7-10(4-2)8-13/h10H,3-9,13H2,1-2H3,(H2,14,16). The largest absolute Gasteiger partial charge is 0.368 e. The van der Waals surface area contributed by atoms with Crippen LogP contribution in [0.4, 0.5) is 0 Å². The van der Waals surface area contributed by atoms with Gasteiger partial charge in [0.05, 0.1) is 6.54 Å². The van der Waals surface area contributed by atoms with Gasteiger partial charge in [0, 0.05) is 13.0 Å². The fourth-order valence-corrected chi connectivity index (χ4v) is 1.60. The van der Waals surface area contributed by atoms with Crippen LogP contribution in [0, 0.1) is 5.92 Å². The lowest BCUT2D eigenvalue weighted by atomic mass is 10.0. The smallest absolute Gasteiger partial charge is 0.237 e. The zero-order valence-electron chi connectivity index (χ0n) is 10.9. The SMILES string of the molecule is CCCCN(CC(N)=O)C(=O)CC(CC)CN. The number of amides is 2. The predicted octanol–water partition coefficient (Wildman–Crippen LogP) is 0.475. The van der Waals surface area contributed by atoms with E-state index in [1.807, 2.05) is 13.8 Å². The Bertz CT molecular complexity index is 240. The molecule has 0 fully saturated rings. The molecule has 100 valence electrons. The quantitative estimate of drug-likeness (QED) is 0.617. The van der Waals surface area contributed by atoms with Gasteiger partial charge in [-0.3, -0.25) is 9.59 Å². The van der Waals surface area contributed by atoms with Gasteiger partial charge >= 0.3 is 0 Å². The van der Waals surface area contributed by atoms with Crippen LogP contribution in [0.5, 0.6) is 0 Å². The molecule has 5 nitrogen and oxygen atoms in total. The van der Waals surface area contributed by atoms with Crippen molar-refractivity contribution in [1.82, 2.24) is 4.90 Å². The molecular formula is C12H25N3O2. The van der Waals surface area contributed by atoms with Crippen molar-refractivity contribution in [3.05, 3.63) is 0 Å². The van der Waals surface area contributed by atoms with Crippen molar-refractivity contribution in [3.63, 3.8) is 0 Å². The maximum Gasteiger partial charge on any atom is 0.237 e. The average Bonchev–Trinajstić information content (AvgIpc) is 2.30. The molecule has 4 N–H and O–H groups in total. The molecule has 0 aliphatic carbocycles. The third-order valence-corrected chi connectivity index (χ3v) is 2.85. The molecule has 1 atom stereocenters. The summed E-state index contributed by atoms with van der Waals surface area (Å²) >= 11 is 0. The zero-order valence-corrected chi connectivity index (χ0v) is 10.9. The van der Waals surface area contributed by atoms with Crippen LogP contribution < -0.4 is 11.5 Å². The van der Waals surface area contributed by atoms with Gasteiger partial charge in [0.25, 0.3) is 0 Å². The summed E-state index contributed by atoms with van der Waals surface area (Å²) in [5, 5.41) is 0. The van der Waals surface area contributed by atoms with Gasteiger partial charge in [-0.1, -0.05) is 26.7 Å². The number of carbonyl (C=O) groups excluding carboxylic acids is 2. The molecule has 0 rings (SSSR count). The third-order valence-electron chi connectivity index (χ3n) is 2.85. The minimum absolute atomic E-state index is 0.0137. The summed E-state index contributed by atoms with van der Waals surface area (Å²) in [4.78, 5) is 24.4. The van der Waals surface area contributed by atoms with Crippen LogP contribution >= 0.6 is 0 Å². The summed E-state index contributed by atoms with van der Waals surface area (Å²) in [5.41, 5.74) is 10.7. The molecule has 0 aromatic carbocycles. The van der Waals surface area contributed by atoms with Crippen molar-refractivity contribution in [2.75, 3.05) is 19.6 Å². The van der Waals surface area contributed by atoms with Crippen LogP contribution in [0.1, 0.15) is 39.5 Å². The van der Waals surface area contributed by atoms with Crippen molar-refractivity contribution in [1.29, 1.82) is 0 Å². The van der Waals surface area contributed by atoms with Gasteiger partial charge in [-0.2, -0.15) is 0 Å². The molecule has 0 spiro atoms. The highest BCUT2D eigenvalue weighted by Crippen LogP contribution is 2.09. The number of hydrogen-bond donors (Lipinski definition) is 2. The van der Waals surface area contributed by atoms with E-state index < -0.39 is 5.91 Å². The monoisotopic (exact) mass is 243 g/mol. The van der Waals surface area contributed by atoms with Gasteiger partial charge in [0.15, 0.2) is 0 Å². The minimum Gasteiger partial charge on any atom is -0.368 e. The molecule has 0 saturated heterocycles. The predicted molar refractivity (Wildman–Crippen MR) is 68.1 cm³/mol. The Labute approximate surface area is 104 Å². The zero-order chi connectivity index (χ0) is 13.3. The lowest BCUT2D eigenvalue weighted by molar-refractivity contribution is -0.136. The number of unbranched alkanes of at least 4 members (excludes halogenated alkanes) is 1. The first kappa shape index (κ1) is 15.9. The minimum atomic E-state index is -0.463.